The zero-order valence-corrected chi connectivity index (χ0v) is 16.9. The minimum Gasteiger partial charge on any atom is -0.454 e. The fourth-order valence-corrected chi connectivity index (χ4v) is 4.16. The van der Waals surface area contributed by atoms with Crippen LogP contribution in [0.4, 0.5) is 5.82 Å². The molecule has 1 atom stereocenters. The molecule has 1 unspecified atom stereocenters. The number of imidazole rings is 1. The number of nitrogens with zero attached hydrogens (tertiary/aromatic N) is 5. The maximum absolute atomic E-state index is 5.47. The molecule has 5 rings (SSSR count). The maximum Gasteiger partial charge on any atom is 0.236 e. The molecule has 1 saturated heterocycles. The summed E-state index contributed by atoms with van der Waals surface area (Å²) in [6.45, 7) is 3.12. The van der Waals surface area contributed by atoms with Crippen LogP contribution < -0.4 is 19.7 Å². The summed E-state index contributed by atoms with van der Waals surface area (Å²) in [5.41, 5.74) is 1.21. The molecule has 1 aromatic carbocycles. The summed E-state index contributed by atoms with van der Waals surface area (Å²) >= 11 is 0. The van der Waals surface area contributed by atoms with Gasteiger partial charge < -0.3 is 19.7 Å². The predicted octanol–water partition coefficient (Wildman–Crippen LogP) is 2.93. The molecule has 0 aliphatic carbocycles. The highest BCUT2D eigenvalue weighted by Gasteiger charge is 2.23. The summed E-state index contributed by atoms with van der Waals surface area (Å²) in [6.07, 6.45) is 11.9. The van der Waals surface area contributed by atoms with Crippen molar-refractivity contribution in [2.45, 2.75) is 38.3 Å². The zero-order chi connectivity index (χ0) is 20.2. The number of piperidine rings is 1. The van der Waals surface area contributed by atoms with Gasteiger partial charge in [0.25, 0.3) is 0 Å². The molecule has 156 valence electrons. The number of fused-ring (bicyclic) bond motifs is 1. The summed E-state index contributed by atoms with van der Waals surface area (Å²) < 4.78 is 12.7. The minimum absolute atomic E-state index is 0.315. The molecule has 2 aromatic heterocycles. The van der Waals surface area contributed by atoms with Crippen LogP contribution in [0.5, 0.6) is 11.5 Å². The van der Waals surface area contributed by atoms with Gasteiger partial charge in [-0.3, -0.25) is 4.57 Å². The molecule has 1 N–H and O–H groups in total. The number of nitrogens with one attached hydrogen (secondary N) is 1. The summed E-state index contributed by atoms with van der Waals surface area (Å²) in [7, 11) is 0. The summed E-state index contributed by atoms with van der Waals surface area (Å²) in [6, 6.07) is 8.62. The molecule has 2 aliphatic heterocycles. The van der Waals surface area contributed by atoms with E-state index in [-0.39, 0.29) is 0 Å². The molecule has 0 radical (unpaired) electrons. The molecule has 0 amide bonds. The van der Waals surface area contributed by atoms with E-state index in [4.69, 9.17) is 14.5 Å². The van der Waals surface area contributed by atoms with Crippen LogP contribution in [0.3, 0.4) is 0 Å². The first-order valence-corrected chi connectivity index (χ1v) is 10.5. The second-order valence-corrected chi connectivity index (χ2v) is 7.68. The van der Waals surface area contributed by atoms with E-state index in [9.17, 15) is 0 Å². The Balaban J connectivity index is 1.19. The molecule has 3 aromatic rings. The van der Waals surface area contributed by atoms with Crippen molar-refractivity contribution in [2.75, 3.05) is 24.8 Å². The number of aromatic nitrogens is 4. The van der Waals surface area contributed by atoms with Gasteiger partial charge in [0.1, 0.15) is 12.1 Å². The third-order valence-electron chi connectivity index (χ3n) is 5.71. The van der Waals surface area contributed by atoms with Gasteiger partial charge in [0, 0.05) is 37.7 Å². The Kier molecular flexibility index (Phi) is 5.48. The van der Waals surface area contributed by atoms with Gasteiger partial charge in [0.2, 0.25) is 12.7 Å². The lowest BCUT2D eigenvalue weighted by Crippen LogP contribution is -2.41. The van der Waals surface area contributed by atoms with Crippen molar-refractivity contribution in [3.05, 3.63) is 54.7 Å². The second-order valence-electron chi connectivity index (χ2n) is 7.68. The Hall–Kier alpha value is -3.13. The summed E-state index contributed by atoms with van der Waals surface area (Å²) in [5, 5.41) is 3.58. The molecule has 8 nitrogen and oxygen atoms in total. The van der Waals surface area contributed by atoms with E-state index in [2.05, 4.69) is 32.3 Å². The minimum atomic E-state index is 0.315. The molecule has 1 fully saturated rings. The van der Waals surface area contributed by atoms with Crippen LogP contribution in [0, 0.1) is 0 Å². The molecule has 0 spiro atoms. The Labute approximate surface area is 175 Å². The predicted molar refractivity (Wildman–Crippen MR) is 113 cm³/mol. The van der Waals surface area contributed by atoms with Crippen LogP contribution in [-0.4, -0.2) is 45.4 Å². The van der Waals surface area contributed by atoms with Crippen LogP contribution in [0.2, 0.25) is 0 Å². The van der Waals surface area contributed by atoms with Crippen molar-refractivity contribution in [1.29, 1.82) is 0 Å². The molecule has 2 aliphatic rings. The fourth-order valence-electron chi connectivity index (χ4n) is 4.16. The van der Waals surface area contributed by atoms with Crippen molar-refractivity contribution in [2.24, 2.45) is 0 Å². The Bertz CT molecular complexity index is 978. The van der Waals surface area contributed by atoms with Crippen LogP contribution in [-0.2, 0) is 6.54 Å². The van der Waals surface area contributed by atoms with Gasteiger partial charge in [-0.1, -0.05) is 6.07 Å². The molecular weight excluding hydrogens is 380 g/mol. The number of hydrogen-bond acceptors (Lipinski definition) is 7. The number of anilines is 1. The number of rotatable bonds is 7. The highest BCUT2D eigenvalue weighted by atomic mass is 16.7. The van der Waals surface area contributed by atoms with Crippen LogP contribution >= 0.6 is 0 Å². The zero-order valence-electron chi connectivity index (χ0n) is 16.9. The van der Waals surface area contributed by atoms with Gasteiger partial charge in [0.15, 0.2) is 11.5 Å². The number of hydrogen-bond donors (Lipinski definition) is 1. The SMILES string of the molecule is c1cn(-c2nccc(N3CCCCC3CCNCc3ccc4c(c3)OCO4)n2)cn1. The smallest absolute Gasteiger partial charge is 0.236 e. The van der Waals surface area contributed by atoms with Crippen molar-refractivity contribution in [1.82, 2.24) is 24.8 Å². The number of benzene rings is 1. The third kappa shape index (κ3) is 4.09. The largest absolute Gasteiger partial charge is 0.454 e. The van der Waals surface area contributed by atoms with Crippen molar-refractivity contribution >= 4 is 5.82 Å². The fraction of sp³-hybridized carbons (Fsp3) is 0.409. The van der Waals surface area contributed by atoms with Gasteiger partial charge in [0.05, 0.1) is 0 Å². The standard InChI is InChI=1S/C22H26N6O2/c1-2-11-28(21-7-9-25-22(26-21)27-12-10-24-15-27)18(3-1)6-8-23-14-17-4-5-19-20(13-17)30-16-29-19/h4-5,7,9-10,12-13,15,18,23H,1-3,6,8,11,14,16H2. The average molecular weight is 406 g/mol. The Morgan fingerprint density at radius 3 is 3.00 bits per heavy atom. The first kappa shape index (κ1) is 18.9. The molecule has 0 bridgehead atoms. The molecule has 0 saturated carbocycles. The lowest BCUT2D eigenvalue weighted by molar-refractivity contribution is 0.174. The second kappa shape index (κ2) is 8.71. The number of ether oxygens (including phenoxy) is 2. The lowest BCUT2D eigenvalue weighted by Gasteiger charge is -2.37. The summed E-state index contributed by atoms with van der Waals surface area (Å²) in [4.78, 5) is 15.7. The van der Waals surface area contributed by atoms with Crippen LogP contribution in [0.1, 0.15) is 31.2 Å². The van der Waals surface area contributed by atoms with Crippen molar-refractivity contribution in [3.8, 4) is 17.4 Å². The maximum atomic E-state index is 5.47. The highest BCUT2D eigenvalue weighted by molar-refractivity contribution is 5.44. The van der Waals surface area contributed by atoms with Gasteiger partial charge in [-0.15, -0.1) is 0 Å². The molecule has 30 heavy (non-hydrogen) atoms. The van der Waals surface area contributed by atoms with E-state index >= 15 is 0 Å². The van der Waals surface area contributed by atoms with Gasteiger partial charge >= 0.3 is 0 Å². The molecular formula is C22H26N6O2. The topological polar surface area (TPSA) is 77.3 Å². The first-order valence-electron chi connectivity index (χ1n) is 10.5. The molecule has 4 heterocycles. The van der Waals surface area contributed by atoms with Crippen LogP contribution in [0.25, 0.3) is 5.95 Å². The van der Waals surface area contributed by atoms with Gasteiger partial charge in [-0.05, 0) is 56.0 Å². The monoisotopic (exact) mass is 406 g/mol. The van der Waals surface area contributed by atoms with Gasteiger partial charge in [-0.2, -0.15) is 4.98 Å². The van der Waals surface area contributed by atoms with Crippen molar-refractivity contribution in [3.63, 3.8) is 0 Å². The van der Waals surface area contributed by atoms with E-state index in [0.29, 0.717) is 18.8 Å². The third-order valence-corrected chi connectivity index (χ3v) is 5.71. The van der Waals surface area contributed by atoms with E-state index in [1.165, 1.54) is 24.8 Å². The van der Waals surface area contributed by atoms with E-state index in [1.807, 2.05) is 29.1 Å². The average Bonchev–Trinajstić information content (AvgIpc) is 3.49. The van der Waals surface area contributed by atoms with Gasteiger partial charge in [-0.25, -0.2) is 9.97 Å². The highest BCUT2D eigenvalue weighted by Crippen LogP contribution is 2.32. The van der Waals surface area contributed by atoms with E-state index in [1.54, 1.807) is 12.5 Å². The van der Waals surface area contributed by atoms with E-state index in [0.717, 1.165) is 43.4 Å². The Morgan fingerprint density at radius 2 is 2.07 bits per heavy atom. The summed E-state index contributed by atoms with van der Waals surface area (Å²) in [5.74, 6) is 3.33. The normalized spacial score (nSPS) is 18.0. The lowest BCUT2D eigenvalue weighted by atomic mass is 9.99. The first-order chi connectivity index (χ1) is 14.9. The van der Waals surface area contributed by atoms with Crippen LogP contribution in [0.15, 0.2) is 49.2 Å². The molecule has 8 heteroatoms. The quantitative estimate of drug-likeness (QED) is 0.605. The van der Waals surface area contributed by atoms with Crippen molar-refractivity contribution < 1.29 is 9.47 Å². The Morgan fingerprint density at radius 1 is 1.10 bits per heavy atom. The van der Waals surface area contributed by atoms with E-state index < -0.39 is 0 Å².